The van der Waals surface area contributed by atoms with Gasteiger partial charge in [-0.2, -0.15) is 11.3 Å². The molecule has 3 nitrogen and oxygen atoms in total. The maximum atomic E-state index is 5.79. The Hall–Kier alpha value is -0.940. The normalized spacial score (nSPS) is 12.6. The average Bonchev–Trinajstić information content (AvgIpc) is 2.80. The zero-order chi connectivity index (χ0) is 11.4. The van der Waals surface area contributed by atoms with Crippen LogP contribution in [-0.2, 0) is 6.42 Å². The topological polar surface area (TPSA) is 50.9 Å². The molecular formula is C11H12ClN3S. The third kappa shape index (κ3) is 2.80. The van der Waals surface area contributed by atoms with Crippen molar-refractivity contribution in [3.63, 3.8) is 0 Å². The fourth-order valence-corrected chi connectivity index (χ4v) is 2.28. The lowest BCUT2D eigenvalue weighted by molar-refractivity contribution is 0.539. The second kappa shape index (κ2) is 5.41. The summed E-state index contributed by atoms with van der Waals surface area (Å²) < 4.78 is 0. The molecule has 0 aliphatic rings. The number of pyridine rings is 1. The van der Waals surface area contributed by atoms with Crippen molar-refractivity contribution in [3.8, 4) is 0 Å². The number of hydrazine groups is 1. The van der Waals surface area contributed by atoms with E-state index < -0.39 is 0 Å². The molecule has 3 N–H and O–H groups in total. The average molecular weight is 254 g/mol. The largest absolute Gasteiger partial charge is 0.271 e. The van der Waals surface area contributed by atoms with Gasteiger partial charge in [0.2, 0.25) is 0 Å². The van der Waals surface area contributed by atoms with Crippen LogP contribution in [0, 0.1) is 0 Å². The lowest BCUT2D eigenvalue weighted by Gasteiger charge is -2.14. The van der Waals surface area contributed by atoms with Gasteiger partial charge >= 0.3 is 0 Å². The molecule has 0 aliphatic heterocycles. The van der Waals surface area contributed by atoms with Gasteiger partial charge in [-0.1, -0.05) is 11.6 Å². The monoisotopic (exact) mass is 253 g/mol. The second-order valence-electron chi connectivity index (χ2n) is 3.46. The van der Waals surface area contributed by atoms with Crippen molar-refractivity contribution >= 4 is 22.9 Å². The maximum absolute atomic E-state index is 5.79. The van der Waals surface area contributed by atoms with E-state index in [1.54, 1.807) is 17.5 Å². The summed E-state index contributed by atoms with van der Waals surface area (Å²) in [6.07, 6.45) is 2.46. The van der Waals surface area contributed by atoms with Crippen molar-refractivity contribution in [2.24, 2.45) is 5.84 Å². The number of aromatic nitrogens is 1. The Balaban J connectivity index is 2.13. The van der Waals surface area contributed by atoms with Gasteiger partial charge in [0.15, 0.2) is 0 Å². The molecule has 0 amide bonds. The molecule has 5 heteroatoms. The molecule has 0 radical (unpaired) electrons. The molecule has 1 unspecified atom stereocenters. The van der Waals surface area contributed by atoms with Crippen LogP contribution in [0.3, 0.4) is 0 Å². The minimum Gasteiger partial charge on any atom is -0.271 e. The standard InChI is InChI=1S/C11H12ClN3S/c12-9-1-2-10(14-6-9)11(15-13)5-8-3-4-16-7-8/h1-4,6-7,11,15H,5,13H2. The number of hydrogen-bond acceptors (Lipinski definition) is 4. The van der Waals surface area contributed by atoms with Gasteiger partial charge < -0.3 is 0 Å². The first-order valence-electron chi connectivity index (χ1n) is 4.88. The zero-order valence-corrected chi connectivity index (χ0v) is 10.1. The van der Waals surface area contributed by atoms with Crippen molar-refractivity contribution < 1.29 is 0 Å². The van der Waals surface area contributed by atoms with Crippen LogP contribution < -0.4 is 11.3 Å². The summed E-state index contributed by atoms with van der Waals surface area (Å²) >= 11 is 7.47. The summed E-state index contributed by atoms with van der Waals surface area (Å²) in [5.41, 5.74) is 4.93. The summed E-state index contributed by atoms with van der Waals surface area (Å²) in [5, 5.41) is 4.80. The highest BCUT2D eigenvalue weighted by Gasteiger charge is 2.11. The van der Waals surface area contributed by atoms with E-state index in [0.717, 1.165) is 12.1 Å². The van der Waals surface area contributed by atoms with E-state index in [-0.39, 0.29) is 6.04 Å². The van der Waals surface area contributed by atoms with E-state index >= 15 is 0 Å². The molecule has 0 aromatic carbocycles. The second-order valence-corrected chi connectivity index (χ2v) is 4.67. The highest BCUT2D eigenvalue weighted by molar-refractivity contribution is 7.07. The van der Waals surface area contributed by atoms with Crippen LogP contribution in [0.1, 0.15) is 17.3 Å². The molecule has 0 aliphatic carbocycles. The number of nitrogens with one attached hydrogen (secondary N) is 1. The van der Waals surface area contributed by atoms with Crippen LogP contribution in [0.5, 0.6) is 0 Å². The van der Waals surface area contributed by atoms with Gasteiger partial charge in [-0.25, -0.2) is 0 Å². The molecule has 0 saturated carbocycles. The van der Waals surface area contributed by atoms with Gasteiger partial charge in [-0.3, -0.25) is 16.3 Å². The Bertz CT molecular complexity index is 427. The Morgan fingerprint density at radius 3 is 2.88 bits per heavy atom. The SMILES string of the molecule is NNC(Cc1ccsc1)c1ccc(Cl)cn1. The molecule has 84 valence electrons. The van der Waals surface area contributed by atoms with E-state index in [9.17, 15) is 0 Å². The van der Waals surface area contributed by atoms with Crippen LogP contribution >= 0.6 is 22.9 Å². The Morgan fingerprint density at radius 1 is 1.44 bits per heavy atom. The maximum Gasteiger partial charge on any atom is 0.0672 e. The lowest BCUT2D eigenvalue weighted by Crippen LogP contribution is -2.30. The fraction of sp³-hybridized carbons (Fsp3) is 0.182. The van der Waals surface area contributed by atoms with Crippen LogP contribution in [-0.4, -0.2) is 4.98 Å². The fourth-order valence-electron chi connectivity index (χ4n) is 1.49. The van der Waals surface area contributed by atoms with Gasteiger partial charge in [-0.15, -0.1) is 0 Å². The Morgan fingerprint density at radius 2 is 2.31 bits per heavy atom. The molecule has 0 spiro atoms. The van der Waals surface area contributed by atoms with Gasteiger partial charge in [0.05, 0.1) is 16.8 Å². The number of rotatable bonds is 4. The van der Waals surface area contributed by atoms with E-state index in [4.69, 9.17) is 17.4 Å². The highest BCUT2D eigenvalue weighted by Crippen LogP contribution is 2.18. The molecule has 0 bridgehead atoms. The van der Waals surface area contributed by atoms with E-state index in [2.05, 4.69) is 27.2 Å². The molecule has 0 fully saturated rings. The third-order valence-electron chi connectivity index (χ3n) is 2.33. The number of thiophene rings is 1. The van der Waals surface area contributed by atoms with Gasteiger partial charge in [-0.05, 0) is 40.9 Å². The summed E-state index contributed by atoms with van der Waals surface area (Å²) in [7, 11) is 0. The quantitative estimate of drug-likeness (QED) is 0.650. The first-order chi connectivity index (χ1) is 7.79. The molecular weight excluding hydrogens is 242 g/mol. The molecule has 2 aromatic heterocycles. The lowest BCUT2D eigenvalue weighted by atomic mass is 10.1. The predicted molar refractivity (Wildman–Crippen MR) is 67.3 cm³/mol. The summed E-state index contributed by atoms with van der Waals surface area (Å²) in [6.45, 7) is 0. The third-order valence-corrected chi connectivity index (χ3v) is 3.28. The van der Waals surface area contributed by atoms with Gasteiger partial charge in [0.1, 0.15) is 0 Å². The van der Waals surface area contributed by atoms with Crippen molar-refractivity contribution in [1.29, 1.82) is 0 Å². The van der Waals surface area contributed by atoms with Crippen molar-refractivity contribution in [2.75, 3.05) is 0 Å². The van der Waals surface area contributed by atoms with Crippen molar-refractivity contribution in [3.05, 3.63) is 51.4 Å². The molecule has 2 heterocycles. The predicted octanol–water partition coefficient (Wildman–Crippen LogP) is 2.54. The van der Waals surface area contributed by atoms with Crippen LogP contribution in [0.15, 0.2) is 35.2 Å². The summed E-state index contributed by atoms with van der Waals surface area (Å²) in [6, 6.07) is 5.82. The number of halogens is 1. The first kappa shape index (κ1) is 11.5. The Kier molecular flexibility index (Phi) is 3.90. The van der Waals surface area contributed by atoms with Gasteiger partial charge in [0.25, 0.3) is 0 Å². The summed E-state index contributed by atoms with van der Waals surface area (Å²) in [5.74, 6) is 5.54. The molecule has 0 saturated heterocycles. The van der Waals surface area contributed by atoms with Gasteiger partial charge in [0, 0.05) is 6.20 Å². The minimum absolute atomic E-state index is 0.0202. The van der Waals surface area contributed by atoms with E-state index in [1.807, 2.05) is 12.1 Å². The molecule has 16 heavy (non-hydrogen) atoms. The van der Waals surface area contributed by atoms with Crippen molar-refractivity contribution in [1.82, 2.24) is 10.4 Å². The van der Waals surface area contributed by atoms with E-state index in [0.29, 0.717) is 5.02 Å². The highest BCUT2D eigenvalue weighted by atomic mass is 35.5. The zero-order valence-electron chi connectivity index (χ0n) is 8.56. The summed E-state index contributed by atoms with van der Waals surface area (Å²) in [4.78, 5) is 4.26. The smallest absolute Gasteiger partial charge is 0.0672 e. The molecule has 2 rings (SSSR count). The van der Waals surface area contributed by atoms with Crippen LogP contribution in [0.25, 0.3) is 0 Å². The number of hydrogen-bond donors (Lipinski definition) is 2. The van der Waals surface area contributed by atoms with E-state index in [1.165, 1.54) is 5.56 Å². The van der Waals surface area contributed by atoms with Crippen LogP contribution in [0.2, 0.25) is 5.02 Å². The number of nitrogens with two attached hydrogens (primary N) is 1. The van der Waals surface area contributed by atoms with Crippen molar-refractivity contribution in [2.45, 2.75) is 12.5 Å². The first-order valence-corrected chi connectivity index (χ1v) is 6.20. The Labute approximate surface area is 103 Å². The minimum atomic E-state index is 0.0202. The van der Waals surface area contributed by atoms with Crippen LogP contribution in [0.4, 0.5) is 0 Å². The number of nitrogens with zero attached hydrogens (tertiary/aromatic N) is 1. The molecule has 2 aromatic rings. The molecule has 1 atom stereocenters.